The molecule has 0 radical (unpaired) electrons. The van der Waals surface area contributed by atoms with Crippen molar-refractivity contribution in [2.24, 2.45) is 0 Å². The first-order chi connectivity index (χ1) is 14.5. The summed E-state index contributed by atoms with van der Waals surface area (Å²) in [4.78, 5) is 51.8. The van der Waals surface area contributed by atoms with Gasteiger partial charge in [-0.3, -0.25) is 19.3 Å². The summed E-state index contributed by atoms with van der Waals surface area (Å²) in [6, 6.07) is 4.03. The SMILES string of the molecule is CC(=O)O[C@@H](C(=O)O)[C@H]1OCCN(c2cc(F)cc(CN(C)CC(=O)N(C)C)c2)C1=O. The molecule has 0 spiro atoms. The number of hydrogen-bond donors (Lipinski definition) is 1. The van der Waals surface area contributed by atoms with E-state index in [0.29, 0.717) is 5.56 Å². The van der Waals surface area contributed by atoms with Gasteiger partial charge in [0.15, 0.2) is 6.10 Å². The fourth-order valence-electron chi connectivity index (χ4n) is 3.12. The molecule has 10 nitrogen and oxygen atoms in total. The summed E-state index contributed by atoms with van der Waals surface area (Å²) in [6.07, 6.45) is -3.37. The van der Waals surface area contributed by atoms with Gasteiger partial charge in [-0.05, 0) is 30.8 Å². The molecule has 0 aromatic heterocycles. The molecule has 2 atom stereocenters. The van der Waals surface area contributed by atoms with E-state index in [-0.39, 0.29) is 37.8 Å². The van der Waals surface area contributed by atoms with Gasteiger partial charge in [-0.2, -0.15) is 0 Å². The molecule has 1 saturated heterocycles. The van der Waals surface area contributed by atoms with Crippen molar-refractivity contribution < 1.29 is 38.1 Å². The number of ether oxygens (including phenoxy) is 2. The third kappa shape index (κ3) is 6.46. The molecule has 0 bridgehead atoms. The van der Waals surface area contributed by atoms with E-state index in [1.807, 2.05) is 0 Å². The van der Waals surface area contributed by atoms with Crippen molar-refractivity contribution in [1.29, 1.82) is 0 Å². The van der Waals surface area contributed by atoms with Crippen LogP contribution in [0.3, 0.4) is 0 Å². The van der Waals surface area contributed by atoms with Crippen molar-refractivity contribution in [1.82, 2.24) is 9.80 Å². The van der Waals surface area contributed by atoms with Crippen LogP contribution in [0.15, 0.2) is 18.2 Å². The van der Waals surface area contributed by atoms with E-state index in [0.717, 1.165) is 13.0 Å². The first-order valence-corrected chi connectivity index (χ1v) is 9.50. The molecule has 1 N–H and O–H groups in total. The molecule has 0 unspecified atom stereocenters. The van der Waals surface area contributed by atoms with Crippen LogP contribution in [0.2, 0.25) is 0 Å². The van der Waals surface area contributed by atoms with E-state index in [1.54, 1.807) is 32.1 Å². The second-order valence-electron chi connectivity index (χ2n) is 7.43. The first-order valence-electron chi connectivity index (χ1n) is 9.50. The minimum Gasteiger partial charge on any atom is -0.478 e. The van der Waals surface area contributed by atoms with Crippen molar-refractivity contribution in [3.05, 3.63) is 29.6 Å². The molecule has 1 aliphatic heterocycles. The van der Waals surface area contributed by atoms with Crippen molar-refractivity contribution in [2.45, 2.75) is 25.7 Å². The van der Waals surface area contributed by atoms with Crippen molar-refractivity contribution >= 4 is 29.4 Å². The number of hydrogen-bond acceptors (Lipinski definition) is 7. The number of rotatable bonds is 8. The molecular formula is C20H26FN3O7. The van der Waals surface area contributed by atoms with Crippen LogP contribution in [0.4, 0.5) is 10.1 Å². The number of carbonyl (C=O) groups is 4. The second-order valence-corrected chi connectivity index (χ2v) is 7.43. The maximum absolute atomic E-state index is 14.3. The zero-order valence-corrected chi connectivity index (χ0v) is 17.8. The fraction of sp³-hybridized carbons (Fsp3) is 0.500. The molecule has 1 aliphatic rings. The molecule has 0 aliphatic carbocycles. The smallest absolute Gasteiger partial charge is 0.348 e. The van der Waals surface area contributed by atoms with E-state index >= 15 is 0 Å². The first kappa shape index (κ1) is 24.2. The molecule has 0 saturated carbocycles. The van der Waals surface area contributed by atoms with Crippen molar-refractivity contribution in [2.75, 3.05) is 45.7 Å². The molecule has 1 aromatic carbocycles. The molecule has 1 fully saturated rings. The maximum atomic E-state index is 14.3. The number of likely N-dealkylation sites (N-methyl/N-ethyl adjacent to an activating group) is 2. The van der Waals surface area contributed by atoms with Crippen LogP contribution >= 0.6 is 0 Å². The number of esters is 1. The lowest BCUT2D eigenvalue weighted by molar-refractivity contribution is -0.177. The molecule has 31 heavy (non-hydrogen) atoms. The Labute approximate surface area is 179 Å². The number of aliphatic carboxylic acids is 1. The number of amides is 2. The summed E-state index contributed by atoms with van der Waals surface area (Å²) in [6.45, 7) is 1.44. The third-order valence-corrected chi connectivity index (χ3v) is 4.54. The highest BCUT2D eigenvalue weighted by atomic mass is 19.1. The van der Waals surface area contributed by atoms with E-state index in [2.05, 4.69) is 0 Å². The van der Waals surface area contributed by atoms with Gasteiger partial charge < -0.3 is 24.4 Å². The predicted molar refractivity (Wildman–Crippen MR) is 107 cm³/mol. The Morgan fingerprint density at radius 1 is 1.29 bits per heavy atom. The van der Waals surface area contributed by atoms with E-state index in [9.17, 15) is 28.7 Å². The van der Waals surface area contributed by atoms with Gasteiger partial charge in [-0.1, -0.05) is 0 Å². The summed E-state index contributed by atoms with van der Waals surface area (Å²) < 4.78 is 24.3. The van der Waals surface area contributed by atoms with Crippen LogP contribution in [-0.4, -0.2) is 91.7 Å². The Morgan fingerprint density at radius 3 is 2.55 bits per heavy atom. The van der Waals surface area contributed by atoms with E-state index in [4.69, 9.17) is 9.47 Å². The zero-order valence-electron chi connectivity index (χ0n) is 17.8. The molecular weight excluding hydrogens is 413 g/mol. The quantitative estimate of drug-likeness (QED) is 0.567. The summed E-state index contributed by atoms with van der Waals surface area (Å²) >= 11 is 0. The number of carboxylic acid groups (broad SMARTS) is 1. The van der Waals surface area contributed by atoms with Gasteiger partial charge >= 0.3 is 11.9 Å². The fourth-order valence-corrected chi connectivity index (χ4v) is 3.12. The topological polar surface area (TPSA) is 117 Å². The summed E-state index contributed by atoms with van der Waals surface area (Å²) in [7, 11) is 4.98. The largest absolute Gasteiger partial charge is 0.478 e. The third-order valence-electron chi connectivity index (χ3n) is 4.54. The average Bonchev–Trinajstić information content (AvgIpc) is 2.65. The van der Waals surface area contributed by atoms with Gasteiger partial charge in [-0.15, -0.1) is 0 Å². The summed E-state index contributed by atoms with van der Waals surface area (Å²) in [5.41, 5.74) is 0.738. The van der Waals surface area contributed by atoms with Crippen LogP contribution in [0.5, 0.6) is 0 Å². The lowest BCUT2D eigenvalue weighted by Gasteiger charge is -2.34. The highest BCUT2D eigenvalue weighted by molar-refractivity contribution is 6.00. The molecule has 170 valence electrons. The Kier molecular flexibility index (Phi) is 8.06. The van der Waals surface area contributed by atoms with Gasteiger partial charge in [0.05, 0.1) is 13.2 Å². The summed E-state index contributed by atoms with van der Waals surface area (Å²) in [5.74, 6) is -3.86. The van der Waals surface area contributed by atoms with Crippen molar-refractivity contribution in [3.63, 3.8) is 0 Å². The minimum atomic E-state index is -1.82. The van der Waals surface area contributed by atoms with E-state index < -0.39 is 35.9 Å². The normalized spacial score (nSPS) is 17.4. The molecule has 1 aromatic rings. The number of carboxylic acids is 1. The van der Waals surface area contributed by atoms with Gasteiger partial charge in [-0.25, -0.2) is 9.18 Å². The van der Waals surface area contributed by atoms with Crippen LogP contribution in [0, 0.1) is 5.82 Å². The predicted octanol–water partition coefficient (Wildman–Crippen LogP) is 0.0938. The lowest BCUT2D eigenvalue weighted by atomic mass is 10.1. The molecule has 1 heterocycles. The number of halogens is 1. The number of nitrogens with zero attached hydrogens (tertiary/aromatic N) is 3. The Balaban J connectivity index is 2.23. The Hall–Kier alpha value is -3.05. The lowest BCUT2D eigenvalue weighted by Crippen LogP contribution is -2.55. The van der Waals surface area contributed by atoms with Crippen LogP contribution in [-0.2, 0) is 35.2 Å². The van der Waals surface area contributed by atoms with E-state index in [1.165, 1.54) is 15.9 Å². The maximum Gasteiger partial charge on any atom is 0.348 e. The number of anilines is 1. The monoisotopic (exact) mass is 439 g/mol. The Bertz CT molecular complexity index is 861. The zero-order chi connectivity index (χ0) is 23.3. The average molecular weight is 439 g/mol. The number of benzene rings is 1. The molecule has 2 rings (SSSR count). The van der Waals surface area contributed by atoms with Crippen LogP contribution in [0.1, 0.15) is 12.5 Å². The van der Waals surface area contributed by atoms with Gasteiger partial charge in [0.2, 0.25) is 12.0 Å². The van der Waals surface area contributed by atoms with Crippen molar-refractivity contribution in [3.8, 4) is 0 Å². The van der Waals surface area contributed by atoms with Crippen LogP contribution in [0.25, 0.3) is 0 Å². The molecule has 2 amide bonds. The minimum absolute atomic E-state index is 0.0233. The second kappa shape index (κ2) is 10.3. The standard InChI is InChI=1S/C20H26FN3O7/c1-12(25)31-18(20(28)29)17-19(27)24(5-6-30-17)15-8-13(7-14(21)9-15)10-23(4)11-16(26)22(2)3/h7-9,17-18H,5-6,10-11H2,1-4H3,(H,28,29)/t17-,18-/m1/s1. The Morgan fingerprint density at radius 2 is 1.97 bits per heavy atom. The highest BCUT2D eigenvalue weighted by Crippen LogP contribution is 2.24. The van der Waals surface area contributed by atoms with Gasteiger partial charge in [0, 0.05) is 39.8 Å². The number of morpholine rings is 1. The summed E-state index contributed by atoms with van der Waals surface area (Å²) in [5, 5.41) is 9.32. The number of carbonyl (C=O) groups excluding carboxylic acids is 3. The molecule has 11 heteroatoms. The van der Waals surface area contributed by atoms with Gasteiger partial charge in [0.1, 0.15) is 5.82 Å². The van der Waals surface area contributed by atoms with Gasteiger partial charge in [0.25, 0.3) is 5.91 Å². The van der Waals surface area contributed by atoms with Crippen LogP contribution < -0.4 is 4.90 Å². The highest BCUT2D eigenvalue weighted by Gasteiger charge is 2.42.